The lowest BCUT2D eigenvalue weighted by Gasteiger charge is -2.56. The lowest BCUT2D eigenvalue weighted by atomic mass is 9.48. The number of fused-ring (bicyclic) bond motifs is 5. The van der Waals surface area contributed by atoms with Gasteiger partial charge in [-0.3, -0.25) is 9.59 Å². The molecule has 4 rings (SSSR count). The number of allylic oxidation sites excluding steroid dienone is 1. The third kappa shape index (κ3) is 3.72. The molecule has 0 N–H and O–H groups in total. The molecule has 0 heterocycles. The van der Waals surface area contributed by atoms with E-state index < -0.39 is 0 Å². The zero-order valence-electron chi connectivity index (χ0n) is 18.8. The molecule has 0 radical (unpaired) electrons. The van der Waals surface area contributed by atoms with Gasteiger partial charge in [-0.1, -0.05) is 51.7 Å². The van der Waals surface area contributed by atoms with Gasteiger partial charge in [0.1, 0.15) is 11.9 Å². The lowest BCUT2D eigenvalue weighted by molar-refractivity contribution is -0.151. The van der Waals surface area contributed by atoms with Crippen molar-refractivity contribution in [2.45, 2.75) is 110 Å². The van der Waals surface area contributed by atoms with Gasteiger partial charge >= 0.3 is 5.97 Å². The van der Waals surface area contributed by atoms with Crippen molar-refractivity contribution >= 4 is 11.8 Å². The zero-order chi connectivity index (χ0) is 20.6. The predicted molar refractivity (Wildman–Crippen MR) is 115 cm³/mol. The summed E-state index contributed by atoms with van der Waals surface area (Å²) in [7, 11) is 0. The Bertz CT molecular complexity index is 679. The molecule has 0 aromatic heterocycles. The summed E-state index contributed by atoms with van der Waals surface area (Å²) in [6.07, 6.45) is 16.0. The Labute approximate surface area is 177 Å². The number of rotatable bonds is 6. The van der Waals surface area contributed by atoms with Crippen LogP contribution in [0.5, 0.6) is 0 Å². The van der Waals surface area contributed by atoms with Crippen LogP contribution in [0.25, 0.3) is 0 Å². The molecular formula is C26H40O3. The van der Waals surface area contributed by atoms with Crippen LogP contribution in [-0.4, -0.2) is 17.9 Å². The van der Waals surface area contributed by atoms with E-state index in [0.717, 1.165) is 57.8 Å². The first kappa shape index (κ1) is 21.1. The van der Waals surface area contributed by atoms with Gasteiger partial charge in [0.05, 0.1) is 0 Å². The summed E-state index contributed by atoms with van der Waals surface area (Å²) in [5, 5.41) is 0. The molecule has 4 aliphatic carbocycles. The SMILES string of the molecule is CCCCCCC(=O)O[C@H]1CC[C@@]2(C)C(=CCC3[C@@H]2CC[C@]2(C)C(=O)CC[C@@H]32)C1. The summed E-state index contributed by atoms with van der Waals surface area (Å²) in [6, 6.07) is 0. The van der Waals surface area contributed by atoms with Gasteiger partial charge < -0.3 is 4.74 Å². The van der Waals surface area contributed by atoms with Gasteiger partial charge in [0.25, 0.3) is 0 Å². The Morgan fingerprint density at radius 2 is 1.83 bits per heavy atom. The van der Waals surface area contributed by atoms with Crippen LogP contribution in [0.3, 0.4) is 0 Å². The van der Waals surface area contributed by atoms with Crippen LogP contribution in [0, 0.1) is 28.6 Å². The van der Waals surface area contributed by atoms with Crippen LogP contribution < -0.4 is 0 Å². The number of ether oxygens (including phenoxy) is 1. The van der Waals surface area contributed by atoms with E-state index in [2.05, 4.69) is 26.8 Å². The number of hydrogen-bond donors (Lipinski definition) is 0. The van der Waals surface area contributed by atoms with E-state index in [1.807, 2.05) is 0 Å². The van der Waals surface area contributed by atoms with Gasteiger partial charge in [0.2, 0.25) is 0 Å². The number of ketones is 1. The molecule has 6 atom stereocenters. The highest BCUT2D eigenvalue weighted by molar-refractivity contribution is 5.87. The topological polar surface area (TPSA) is 43.4 Å². The monoisotopic (exact) mass is 400 g/mol. The maximum absolute atomic E-state index is 12.6. The van der Waals surface area contributed by atoms with E-state index >= 15 is 0 Å². The number of carbonyl (C=O) groups excluding carboxylic acids is 2. The average molecular weight is 401 g/mol. The normalized spacial score (nSPS) is 41.2. The highest BCUT2D eigenvalue weighted by Gasteiger charge is 2.58. The molecule has 0 aliphatic heterocycles. The van der Waals surface area contributed by atoms with Crippen molar-refractivity contribution in [1.82, 2.24) is 0 Å². The molecule has 3 nitrogen and oxygen atoms in total. The summed E-state index contributed by atoms with van der Waals surface area (Å²) in [5.74, 6) is 2.49. The van der Waals surface area contributed by atoms with E-state index in [-0.39, 0.29) is 22.9 Å². The number of Topliss-reactive ketones (excluding diaryl/α,β-unsaturated/α-hetero) is 1. The average Bonchev–Trinajstić information content (AvgIpc) is 3.00. The number of esters is 1. The van der Waals surface area contributed by atoms with E-state index in [0.29, 0.717) is 30.0 Å². The smallest absolute Gasteiger partial charge is 0.306 e. The Hall–Kier alpha value is -1.12. The highest BCUT2D eigenvalue weighted by Crippen LogP contribution is 2.64. The van der Waals surface area contributed by atoms with Gasteiger partial charge in [0, 0.05) is 24.7 Å². The van der Waals surface area contributed by atoms with E-state index in [4.69, 9.17) is 4.74 Å². The molecule has 4 aliphatic rings. The fourth-order valence-corrected chi connectivity index (χ4v) is 7.44. The minimum atomic E-state index is -0.0482. The molecule has 0 bridgehead atoms. The molecule has 0 saturated heterocycles. The molecule has 3 fully saturated rings. The molecule has 0 aromatic rings. The van der Waals surface area contributed by atoms with Crippen LogP contribution in [0.1, 0.15) is 104 Å². The maximum atomic E-state index is 12.6. The van der Waals surface area contributed by atoms with Crippen LogP contribution in [0.2, 0.25) is 0 Å². The predicted octanol–water partition coefficient (Wildman–Crippen LogP) is 6.40. The molecule has 0 amide bonds. The second-order valence-corrected chi connectivity index (χ2v) is 10.8. The second kappa shape index (κ2) is 8.19. The molecule has 0 spiro atoms. The largest absolute Gasteiger partial charge is 0.462 e. The number of unbranched alkanes of at least 4 members (excludes halogenated alkanes) is 3. The minimum Gasteiger partial charge on any atom is -0.462 e. The second-order valence-electron chi connectivity index (χ2n) is 10.8. The molecule has 0 aromatic carbocycles. The molecule has 3 saturated carbocycles. The summed E-state index contributed by atoms with van der Waals surface area (Å²) < 4.78 is 5.88. The molecule has 1 unspecified atom stereocenters. The standard InChI is InChI=1S/C26H40O3/c1-4-5-6-7-8-24(28)29-19-13-15-25(2)18(17-19)9-10-20-21-11-12-23(27)26(21,3)16-14-22(20)25/h9,19-22H,4-8,10-17H2,1-3H3/t19-,20?,21-,22-,25-,26-/m0/s1. The summed E-state index contributed by atoms with van der Waals surface area (Å²) >= 11 is 0. The van der Waals surface area contributed by atoms with Crippen molar-refractivity contribution < 1.29 is 14.3 Å². The van der Waals surface area contributed by atoms with Gasteiger partial charge in [-0.15, -0.1) is 0 Å². The zero-order valence-corrected chi connectivity index (χ0v) is 18.8. The van der Waals surface area contributed by atoms with Crippen LogP contribution >= 0.6 is 0 Å². The summed E-state index contributed by atoms with van der Waals surface area (Å²) in [4.78, 5) is 24.8. The number of hydrogen-bond acceptors (Lipinski definition) is 3. The Morgan fingerprint density at radius 1 is 1.07 bits per heavy atom. The van der Waals surface area contributed by atoms with E-state index in [9.17, 15) is 9.59 Å². The molecule has 29 heavy (non-hydrogen) atoms. The molecule has 3 heteroatoms. The molecular weight excluding hydrogens is 360 g/mol. The Kier molecular flexibility index (Phi) is 5.97. The van der Waals surface area contributed by atoms with Gasteiger partial charge in [-0.05, 0) is 68.1 Å². The van der Waals surface area contributed by atoms with Crippen LogP contribution in [-0.2, 0) is 14.3 Å². The fourth-order valence-electron chi connectivity index (χ4n) is 7.44. The first-order valence-electron chi connectivity index (χ1n) is 12.3. The quantitative estimate of drug-likeness (QED) is 0.294. The van der Waals surface area contributed by atoms with Crippen molar-refractivity contribution in [3.63, 3.8) is 0 Å². The van der Waals surface area contributed by atoms with E-state index in [1.165, 1.54) is 19.3 Å². The van der Waals surface area contributed by atoms with Crippen LogP contribution in [0.4, 0.5) is 0 Å². The van der Waals surface area contributed by atoms with Crippen molar-refractivity contribution in [1.29, 1.82) is 0 Å². The number of carbonyl (C=O) groups is 2. The van der Waals surface area contributed by atoms with Gasteiger partial charge in [-0.25, -0.2) is 0 Å². The van der Waals surface area contributed by atoms with Crippen molar-refractivity contribution in [3.05, 3.63) is 11.6 Å². The van der Waals surface area contributed by atoms with E-state index in [1.54, 1.807) is 5.57 Å². The minimum absolute atomic E-state index is 0.00175. The van der Waals surface area contributed by atoms with Crippen LogP contribution in [0.15, 0.2) is 11.6 Å². The van der Waals surface area contributed by atoms with Crippen molar-refractivity contribution in [2.75, 3.05) is 0 Å². The first-order chi connectivity index (χ1) is 13.9. The van der Waals surface area contributed by atoms with Crippen molar-refractivity contribution in [2.24, 2.45) is 28.6 Å². The summed E-state index contributed by atoms with van der Waals surface area (Å²) in [6.45, 7) is 6.91. The fraction of sp³-hybridized carbons (Fsp3) is 0.846. The third-order valence-corrected chi connectivity index (χ3v) is 9.30. The maximum Gasteiger partial charge on any atom is 0.306 e. The molecule has 162 valence electrons. The Morgan fingerprint density at radius 3 is 2.62 bits per heavy atom. The third-order valence-electron chi connectivity index (χ3n) is 9.30. The lowest BCUT2D eigenvalue weighted by Crippen LogP contribution is -2.50. The first-order valence-corrected chi connectivity index (χ1v) is 12.3. The van der Waals surface area contributed by atoms with Crippen molar-refractivity contribution in [3.8, 4) is 0 Å². The highest BCUT2D eigenvalue weighted by atomic mass is 16.5. The van der Waals surface area contributed by atoms with Gasteiger partial charge in [-0.2, -0.15) is 0 Å². The summed E-state index contributed by atoms with van der Waals surface area (Å²) in [5.41, 5.74) is 1.74. The Balaban J connectivity index is 1.39. The van der Waals surface area contributed by atoms with Gasteiger partial charge in [0.15, 0.2) is 0 Å².